The summed E-state index contributed by atoms with van der Waals surface area (Å²) in [6.45, 7) is 3.32. The Kier molecular flexibility index (Phi) is 6.45. The van der Waals surface area contributed by atoms with Gasteiger partial charge < -0.3 is 20.1 Å². The number of anilines is 2. The number of nitrogens with one attached hydrogen (secondary N) is 1. The summed E-state index contributed by atoms with van der Waals surface area (Å²) < 4.78 is 48.4. The fourth-order valence-corrected chi connectivity index (χ4v) is 5.09. The van der Waals surface area contributed by atoms with Crippen LogP contribution in [0.5, 0.6) is 0 Å². The SMILES string of the molecule is Cc1ccc(NC(=O)c2ccnc(C(C)(F)F)c2)cc1-c1ccc2c(c1)N1CCOCC1[C@@](F)(CO)C2. The van der Waals surface area contributed by atoms with Gasteiger partial charge in [-0.2, -0.15) is 8.78 Å². The second-order valence-electron chi connectivity index (χ2n) is 9.80. The molecule has 194 valence electrons. The standard InChI is InChI=1S/C28H28F3N3O3/c1-17-3-6-21(33-26(36)19-7-8-32-24(12-19)27(2,29)30)13-22(17)18-4-5-20-14-28(31,16-35)25-15-37-10-9-34(25)23(20)11-18/h3-8,11-13,25,35H,9-10,14-16H2,1-2H3,(H,33,36)/t25?,28-/m0/s1. The first kappa shape index (κ1) is 25.2. The molecule has 0 radical (unpaired) electrons. The topological polar surface area (TPSA) is 74.7 Å². The van der Waals surface area contributed by atoms with Gasteiger partial charge in [0.1, 0.15) is 5.69 Å². The summed E-state index contributed by atoms with van der Waals surface area (Å²) in [6, 6.07) is 13.2. The Morgan fingerprint density at radius 1 is 1.24 bits per heavy atom. The van der Waals surface area contributed by atoms with Gasteiger partial charge in [0.25, 0.3) is 11.8 Å². The summed E-state index contributed by atoms with van der Waals surface area (Å²) in [4.78, 5) is 18.5. The molecule has 0 aliphatic carbocycles. The number of hydrogen-bond acceptors (Lipinski definition) is 5. The van der Waals surface area contributed by atoms with Crippen molar-refractivity contribution in [3.05, 3.63) is 77.1 Å². The third-order valence-corrected chi connectivity index (χ3v) is 7.15. The van der Waals surface area contributed by atoms with Crippen molar-refractivity contribution in [3.8, 4) is 11.1 Å². The van der Waals surface area contributed by atoms with E-state index in [-0.39, 0.29) is 18.6 Å². The van der Waals surface area contributed by atoms with Crippen LogP contribution >= 0.6 is 0 Å². The van der Waals surface area contributed by atoms with E-state index in [2.05, 4.69) is 10.3 Å². The van der Waals surface area contributed by atoms with Crippen LogP contribution in [-0.2, 0) is 17.1 Å². The molecule has 3 heterocycles. The van der Waals surface area contributed by atoms with Gasteiger partial charge in [-0.25, -0.2) is 4.39 Å². The zero-order valence-electron chi connectivity index (χ0n) is 20.6. The van der Waals surface area contributed by atoms with Crippen molar-refractivity contribution in [1.82, 2.24) is 4.98 Å². The number of amides is 1. The number of hydrogen-bond donors (Lipinski definition) is 2. The fourth-order valence-electron chi connectivity index (χ4n) is 5.09. The smallest absolute Gasteiger partial charge is 0.286 e. The lowest BCUT2D eigenvalue weighted by Gasteiger charge is -2.48. The summed E-state index contributed by atoms with van der Waals surface area (Å²) >= 11 is 0. The van der Waals surface area contributed by atoms with Crippen LogP contribution in [0.25, 0.3) is 11.1 Å². The van der Waals surface area contributed by atoms with E-state index >= 15 is 4.39 Å². The Bertz CT molecular complexity index is 1340. The number of nitrogens with zero attached hydrogens (tertiary/aromatic N) is 2. The number of pyridine rings is 1. The highest BCUT2D eigenvalue weighted by atomic mass is 19.3. The predicted molar refractivity (Wildman–Crippen MR) is 135 cm³/mol. The van der Waals surface area contributed by atoms with Crippen molar-refractivity contribution in [1.29, 1.82) is 0 Å². The van der Waals surface area contributed by atoms with Gasteiger partial charge in [-0.15, -0.1) is 0 Å². The second-order valence-corrected chi connectivity index (χ2v) is 9.80. The molecule has 1 amide bonds. The molecule has 0 bridgehead atoms. The molecule has 1 saturated heterocycles. The summed E-state index contributed by atoms with van der Waals surface area (Å²) in [6.07, 6.45) is 1.29. The van der Waals surface area contributed by atoms with Crippen molar-refractivity contribution in [2.75, 3.05) is 36.6 Å². The van der Waals surface area contributed by atoms with Gasteiger partial charge in [0.05, 0.1) is 25.9 Å². The van der Waals surface area contributed by atoms with Gasteiger partial charge in [-0.3, -0.25) is 9.78 Å². The monoisotopic (exact) mass is 511 g/mol. The molecule has 5 rings (SSSR count). The Balaban J connectivity index is 1.45. The number of fused-ring (bicyclic) bond motifs is 3. The number of aliphatic hydroxyl groups excluding tert-OH is 1. The number of carbonyl (C=O) groups is 1. The number of aliphatic hydroxyl groups is 1. The van der Waals surface area contributed by atoms with Crippen molar-refractivity contribution in [2.24, 2.45) is 0 Å². The van der Waals surface area contributed by atoms with Crippen LogP contribution in [0.1, 0.15) is 34.1 Å². The summed E-state index contributed by atoms with van der Waals surface area (Å²) in [5, 5.41) is 12.6. The lowest BCUT2D eigenvalue weighted by atomic mass is 9.82. The minimum absolute atomic E-state index is 0.0828. The molecular formula is C28H28F3N3O3. The number of benzene rings is 2. The number of ether oxygens (including phenoxy) is 1. The lowest BCUT2D eigenvalue weighted by molar-refractivity contribution is -0.0173. The molecule has 37 heavy (non-hydrogen) atoms. The first-order valence-electron chi connectivity index (χ1n) is 12.1. The molecule has 0 spiro atoms. The predicted octanol–water partition coefficient (Wildman–Crippen LogP) is 4.88. The number of carbonyl (C=O) groups excluding carboxylic acids is 1. The summed E-state index contributed by atoms with van der Waals surface area (Å²) in [5.41, 5.74) is 2.82. The maximum atomic E-state index is 15.6. The minimum Gasteiger partial charge on any atom is -0.393 e. The normalized spacial score (nSPS) is 21.2. The van der Waals surface area contributed by atoms with Crippen LogP contribution in [0.4, 0.5) is 24.5 Å². The Hall–Kier alpha value is -3.43. The van der Waals surface area contributed by atoms with Crippen LogP contribution in [0.3, 0.4) is 0 Å². The molecule has 9 heteroatoms. The second kappa shape index (κ2) is 9.46. The molecular weight excluding hydrogens is 483 g/mol. The van der Waals surface area contributed by atoms with Crippen LogP contribution < -0.4 is 10.2 Å². The van der Waals surface area contributed by atoms with Crippen LogP contribution in [0.15, 0.2) is 54.7 Å². The number of aryl methyl sites for hydroxylation is 1. The molecule has 2 N–H and O–H groups in total. The Labute approximate surface area is 213 Å². The highest BCUT2D eigenvalue weighted by Crippen LogP contribution is 2.42. The molecule has 1 aromatic heterocycles. The molecule has 2 aromatic carbocycles. The van der Waals surface area contributed by atoms with Crippen molar-refractivity contribution in [2.45, 2.75) is 37.9 Å². The number of aromatic nitrogens is 1. The van der Waals surface area contributed by atoms with E-state index in [9.17, 15) is 18.7 Å². The zero-order valence-corrected chi connectivity index (χ0v) is 20.6. The fraction of sp³-hybridized carbons (Fsp3) is 0.357. The molecule has 2 aliphatic rings. The zero-order chi connectivity index (χ0) is 26.4. The highest BCUT2D eigenvalue weighted by molar-refractivity contribution is 6.04. The van der Waals surface area contributed by atoms with E-state index in [1.807, 2.05) is 42.2 Å². The molecule has 2 atom stereocenters. The van der Waals surface area contributed by atoms with Crippen molar-refractivity contribution >= 4 is 17.3 Å². The summed E-state index contributed by atoms with van der Waals surface area (Å²) in [7, 11) is 0. The van der Waals surface area contributed by atoms with Crippen molar-refractivity contribution in [3.63, 3.8) is 0 Å². The number of rotatable bonds is 5. The molecule has 1 unspecified atom stereocenters. The van der Waals surface area contributed by atoms with Crippen molar-refractivity contribution < 1.29 is 27.8 Å². The maximum Gasteiger partial charge on any atom is 0.286 e. The largest absolute Gasteiger partial charge is 0.393 e. The van der Waals surface area contributed by atoms with Gasteiger partial charge in [0, 0.05) is 43.0 Å². The van der Waals surface area contributed by atoms with Gasteiger partial charge >= 0.3 is 0 Å². The molecule has 0 saturated carbocycles. The molecule has 3 aromatic rings. The number of halogens is 3. The summed E-state index contributed by atoms with van der Waals surface area (Å²) in [5.74, 6) is -3.68. The maximum absolute atomic E-state index is 15.6. The van der Waals surface area contributed by atoms with Crippen LogP contribution in [0, 0.1) is 6.92 Å². The molecule has 2 aliphatic heterocycles. The van der Waals surface area contributed by atoms with Gasteiger partial charge in [0.2, 0.25) is 0 Å². The quantitative estimate of drug-likeness (QED) is 0.511. The highest BCUT2D eigenvalue weighted by Gasteiger charge is 2.48. The van der Waals surface area contributed by atoms with Gasteiger partial charge in [-0.1, -0.05) is 18.2 Å². The van der Waals surface area contributed by atoms with E-state index < -0.39 is 35.8 Å². The first-order chi connectivity index (χ1) is 17.6. The van der Waals surface area contributed by atoms with Gasteiger partial charge in [-0.05, 0) is 59.5 Å². The molecule has 1 fully saturated rings. The number of morpholine rings is 1. The van der Waals surface area contributed by atoms with Crippen LogP contribution in [0.2, 0.25) is 0 Å². The Morgan fingerprint density at radius 3 is 2.81 bits per heavy atom. The average Bonchev–Trinajstić information content (AvgIpc) is 2.89. The minimum atomic E-state index is -3.15. The van der Waals surface area contributed by atoms with E-state index in [1.54, 1.807) is 6.07 Å². The van der Waals surface area contributed by atoms with E-state index in [0.717, 1.165) is 40.9 Å². The van der Waals surface area contributed by atoms with E-state index in [1.165, 1.54) is 12.3 Å². The van der Waals surface area contributed by atoms with E-state index in [0.29, 0.717) is 18.8 Å². The van der Waals surface area contributed by atoms with Gasteiger partial charge in [0.15, 0.2) is 5.67 Å². The average molecular weight is 512 g/mol. The van der Waals surface area contributed by atoms with E-state index in [4.69, 9.17) is 4.74 Å². The Morgan fingerprint density at radius 2 is 2.05 bits per heavy atom. The molecule has 6 nitrogen and oxygen atoms in total. The lowest BCUT2D eigenvalue weighted by Crippen LogP contribution is -2.62. The third kappa shape index (κ3) is 4.81. The number of alkyl halides is 3. The van der Waals surface area contributed by atoms with Crippen LogP contribution in [-0.4, -0.2) is 54.1 Å². The first-order valence-corrected chi connectivity index (χ1v) is 12.1. The third-order valence-electron chi connectivity index (χ3n) is 7.15.